The van der Waals surface area contributed by atoms with E-state index in [0.717, 1.165) is 5.56 Å². The first-order valence-electron chi connectivity index (χ1n) is 9.26. The third-order valence-corrected chi connectivity index (χ3v) is 5.34. The van der Waals surface area contributed by atoms with Gasteiger partial charge in [-0.2, -0.15) is 0 Å². The van der Waals surface area contributed by atoms with E-state index in [1.165, 1.54) is 4.90 Å². The Balaban J connectivity index is 0.00000240. The number of imide groups is 1. The minimum absolute atomic E-state index is 0. The monoisotopic (exact) mass is 381 g/mol. The van der Waals surface area contributed by atoms with Crippen LogP contribution >= 0.6 is 0 Å². The molecule has 1 spiro atoms. The number of para-hydroxylation sites is 1. The van der Waals surface area contributed by atoms with Gasteiger partial charge >= 0.3 is 12.1 Å². The summed E-state index contributed by atoms with van der Waals surface area (Å²) in [5, 5.41) is 2.43. The third-order valence-electron chi connectivity index (χ3n) is 5.34. The second-order valence-electron chi connectivity index (χ2n) is 6.99. The van der Waals surface area contributed by atoms with E-state index in [4.69, 9.17) is 4.74 Å². The average molecular weight is 381 g/mol. The van der Waals surface area contributed by atoms with Crippen molar-refractivity contribution in [2.75, 3.05) is 18.0 Å². The number of carbonyl (C=O) groups is 3. The number of ether oxygens (including phenoxy) is 1. The Bertz CT molecular complexity index is 883. The molecule has 2 aliphatic heterocycles. The van der Waals surface area contributed by atoms with Gasteiger partial charge < -0.3 is 9.64 Å². The largest absolute Gasteiger partial charge is 0.445 e. The van der Waals surface area contributed by atoms with Gasteiger partial charge in [-0.15, -0.1) is 0 Å². The van der Waals surface area contributed by atoms with E-state index in [9.17, 15) is 14.4 Å². The normalized spacial score (nSPS) is 18.3. The van der Waals surface area contributed by atoms with Gasteiger partial charge in [0.1, 0.15) is 12.1 Å². The summed E-state index contributed by atoms with van der Waals surface area (Å²) in [6, 6.07) is 18.2. The molecule has 146 valence electrons. The topological polar surface area (TPSA) is 79.0 Å². The molecule has 0 atom stereocenters. The van der Waals surface area contributed by atoms with Gasteiger partial charge in [0.25, 0.3) is 5.91 Å². The molecule has 0 saturated carbocycles. The van der Waals surface area contributed by atoms with Crippen LogP contribution in [0, 0.1) is 0 Å². The van der Waals surface area contributed by atoms with Crippen LogP contribution in [0.25, 0.3) is 0 Å². The van der Waals surface area contributed by atoms with Gasteiger partial charge in [0.05, 0.1) is 0 Å². The SMILES string of the molecule is O=C(OCc1ccccc1)N1CCC2(CC1)C(=O)NC(=O)N2c1ccccc1.[HH]. The minimum Gasteiger partial charge on any atom is -0.445 e. The molecule has 0 unspecified atom stereocenters. The number of benzene rings is 2. The first-order chi connectivity index (χ1) is 13.6. The van der Waals surface area contributed by atoms with Gasteiger partial charge in [0.15, 0.2) is 0 Å². The second-order valence-corrected chi connectivity index (χ2v) is 6.99. The van der Waals surface area contributed by atoms with Crippen molar-refractivity contribution >= 4 is 23.7 Å². The molecule has 7 nitrogen and oxygen atoms in total. The first kappa shape index (κ1) is 18.0. The lowest BCUT2D eigenvalue weighted by molar-refractivity contribution is -0.124. The average Bonchev–Trinajstić information content (AvgIpc) is 2.97. The second kappa shape index (κ2) is 7.34. The summed E-state index contributed by atoms with van der Waals surface area (Å²) in [6.07, 6.45) is 0.314. The predicted molar refractivity (Wildman–Crippen MR) is 105 cm³/mol. The summed E-state index contributed by atoms with van der Waals surface area (Å²) >= 11 is 0. The smallest absolute Gasteiger partial charge is 0.410 e. The molecule has 28 heavy (non-hydrogen) atoms. The van der Waals surface area contributed by atoms with Gasteiger partial charge in [0.2, 0.25) is 0 Å². The van der Waals surface area contributed by atoms with E-state index in [-0.39, 0.29) is 13.9 Å². The summed E-state index contributed by atoms with van der Waals surface area (Å²) in [7, 11) is 0. The van der Waals surface area contributed by atoms with Gasteiger partial charge in [-0.05, 0) is 30.5 Å². The highest BCUT2D eigenvalue weighted by Gasteiger charge is 2.55. The first-order valence-corrected chi connectivity index (χ1v) is 9.26. The maximum absolute atomic E-state index is 12.6. The van der Waals surface area contributed by atoms with Crippen LogP contribution in [0.3, 0.4) is 0 Å². The molecule has 0 bridgehead atoms. The summed E-state index contributed by atoms with van der Waals surface area (Å²) in [4.78, 5) is 40.6. The van der Waals surface area contributed by atoms with Gasteiger partial charge in [0, 0.05) is 20.2 Å². The number of hydrogen-bond donors (Lipinski definition) is 1. The summed E-state index contributed by atoms with van der Waals surface area (Å²) in [5.41, 5.74) is 0.626. The molecule has 4 rings (SSSR count). The van der Waals surface area contributed by atoms with Crippen molar-refractivity contribution in [1.29, 1.82) is 0 Å². The number of likely N-dealkylation sites (tertiary alicyclic amines) is 1. The van der Waals surface area contributed by atoms with Gasteiger partial charge in [-0.1, -0.05) is 48.5 Å². The van der Waals surface area contributed by atoms with Crippen LogP contribution in [0.5, 0.6) is 0 Å². The molecule has 2 heterocycles. The summed E-state index contributed by atoms with van der Waals surface area (Å²) in [6.45, 7) is 0.895. The number of nitrogens with one attached hydrogen (secondary N) is 1. The van der Waals surface area contributed by atoms with E-state index in [0.29, 0.717) is 31.6 Å². The molecule has 4 amide bonds. The van der Waals surface area contributed by atoms with Crippen molar-refractivity contribution in [3.05, 3.63) is 66.2 Å². The molecule has 0 radical (unpaired) electrons. The van der Waals surface area contributed by atoms with E-state index in [1.807, 2.05) is 48.5 Å². The highest BCUT2D eigenvalue weighted by molar-refractivity contribution is 6.17. The number of hydrogen-bond acceptors (Lipinski definition) is 4. The van der Waals surface area contributed by atoms with Crippen molar-refractivity contribution < 1.29 is 20.5 Å². The van der Waals surface area contributed by atoms with Crippen LogP contribution in [0.4, 0.5) is 15.3 Å². The van der Waals surface area contributed by atoms with Crippen molar-refractivity contribution in [1.82, 2.24) is 10.2 Å². The van der Waals surface area contributed by atoms with Crippen LogP contribution in [0.15, 0.2) is 60.7 Å². The van der Waals surface area contributed by atoms with Crippen LogP contribution in [-0.4, -0.2) is 41.6 Å². The van der Waals surface area contributed by atoms with Crippen molar-refractivity contribution in [2.45, 2.75) is 25.0 Å². The Kier molecular flexibility index (Phi) is 4.73. The molecular formula is C21H23N3O4. The molecule has 1 N–H and O–H groups in total. The number of amides is 4. The maximum Gasteiger partial charge on any atom is 0.410 e. The molecule has 7 heteroatoms. The molecule has 2 saturated heterocycles. The maximum atomic E-state index is 12.6. The predicted octanol–water partition coefficient (Wildman–Crippen LogP) is 3.16. The fourth-order valence-electron chi connectivity index (χ4n) is 3.83. The zero-order valence-electron chi connectivity index (χ0n) is 15.3. The Hall–Kier alpha value is -3.35. The van der Waals surface area contributed by atoms with Crippen molar-refractivity contribution in [3.8, 4) is 0 Å². The number of anilines is 1. The van der Waals surface area contributed by atoms with Gasteiger partial charge in [-0.3, -0.25) is 15.0 Å². The highest BCUT2D eigenvalue weighted by atomic mass is 16.6. The lowest BCUT2D eigenvalue weighted by Crippen LogP contribution is -2.57. The highest BCUT2D eigenvalue weighted by Crippen LogP contribution is 2.37. The number of rotatable bonds is 3. The Morgan fingerprint density at radius 1 is 1.00 bits per heavy atom. The molecule has 2 aromatic rings. The summed E-state index contributed by atoms with van der Waals surface area (Å²) in [5.74, 6) is -0.307. The number of carbonyl (C=O) groups excluding carboxylic acids is 3. The minimum atomic E-state index is -0.964. The number of nitrogens with zero attached hydrogens (tertiary/aromatic N) is 2. The van der Waals surface area contributed by atoms with Crippen LogP contribution < -0.4 is 10.2 Å². The van der Waals surface area contributed by atoms with E-state index in [1.54, 1.807) is 17.0 Å². The lowest BCUT2D eigenvalue weighted by Gasteiger charge is -2.41. The van der Waals surface area contributed by atoms with E-state index < -0.39 is 17.7 Å². The number of urea groups is 1. The van der Waals surface area contributed by atoms with Gasteiger partial charge in [-0.25, -0.2) is 9.59 Å². The van der Waals surface area contributed by atoms with Crippen molar-refractivity contribution in [3.63, 3.8) is 0 Å². The Morgan fingerprint density at radius 2 is 1.61 bits per heavy atom. The quantitative estimate of drug-likeness (QED) is 0.829. The molecular weight excluding hydrogens is 358 g/mol. The fraction of sp³-hybridized carbons (Fsp3) is 0.286. The zero-order valence-corrected chi connectivity index (χ0v) is 15.3. The Labute approximate surface area is 164 Å². The number of piperidine rings is 1. The third kappa shape index (κ3) is 3.19. The molecule has 2 aromatic carbocycles. The zero-order chi connectivity index (χ0) is 19.6. The lowest BCUT2D eigenvalue weighted by atomic mass is 9.86. The summed E-state index contributed by atoms with van der Waals surface area (Å²) < 4.78 is 5.38. The van der Waals surface area contributed by atoms with Crippen LogP contribution in [0.1, 0.15) is 19.8 Å². The standard InChI is InChI=1S/C21H21N3O4.H2/c25-18-21(24(19(26)22-18)17-9-5-2-6-10-17)11-13-23(14-12-21)20(27)28-15-16-7-3-1-4-8-16;/h1-10H,11-15H2,(H,22,25,26);1H. The van der Waals surface area contributed by atoms with E-state index >= 15 is 0 Å². The van der Waals surface area contributed by atoms with Crippen LogP contribution in [0.2, 0.25) is 0 Å². The van der Waals surface area contributed by atoms with Crippen molar-refractivity contribution in [2.24, 2.45) is 0 Å². The molecule has 0 aromatic heterocycles. The van der Waals surface area contributed by atoms with Crippen LogP contribution in [-0.2, 0) is 16.1 Å². The fourth-order valence-corrected chi connectivity index (χ4v) is 3.83. The Morgan fingerprint density at radius 3 is 2.25 bits per heavy atom. The molecule has 2 aliphatic rings. The van der Waals surface area contributed by atoms with E-state index in [2.05, 4.69) is 5.32 Å². The molecule has 2 fully saturated rings. The molecule has 0 aliphatic carbocycles.